The van der Waals surface area contributed by atoms with Crippen LogP contribution in [0.25, 0.3) is 39.4 Å². The molecule has 0 aliphatic rings. The zero-order chi connectivity index (χ0) is 23.2. The van der Waals surface area contributed by atoms with E-state index < -0.39 is 23.6 Å². The van der Waals surface area contributed by atoms with Gasteiger partial charge < -0.3 is 0 Å². The molecule has 0 fully saturated rings. The highest BCUT2D eigenvalue weighted by Gasteiger charge is 2.36. The molecule has 0 bridgehead atoms. The van der Waals surface area contributed by atoms with E-state index in [2.05, 4.69) is 30.2 Å². The van der Waals surface area contributed by atoms with Crippen LogP contribution in [0.15, 0.2) is 61.1 Å². The van der Waals surface area contributed by atoms with Crippen molar-refractivity contribution >= 4 is 10.9 Å². The summed E-state index contributed by atoms with van der Waals surface area (Å²) in [4.78, 5) is 11.4. The molecule has 33 heavy (non-hydrogen) atoms. The van der Waals surface area contributed by atoms with Crippen molar-refractivity contribution in [1.82, 2.24) is 34.9 Å². The molecule has 0 amide bonds. The van der Waals surface area contributed by atoms with Crippen LogP contribution in [0.2, 0.25) is 0 Å². The molecule has 0 unspecified atom stereocenters. The maximum atomic E-state index is 14.2. The summed E-state index contributed by atoms with van der Waals surface area (Å²) in [5.74, 6) is -3.00. The van der Waals surface area contributed by atoms with Gasteiger partial charge in [-0.25, -0.2) is 23.7 Å². The number of halogens is 5. The second-order valence-corrected chi connectivity index (χ2v) is 6.82. The first-order valence-electron chi connectivity index (χ1n) is 9.35. The van der Waals surface area contributed by atoms with Crippen molar-refractivity contribution in [2.45, 2.75) is 6.18 Å². The summed E-state index contributed by atoms with van der Waals surface area (Å²) in [6, 6.07) is 11.6. The highest BCUT2D eigenvalue weighted by atomic mass is 19.4. The normalized spacial score (nSPS) is 11.8. The van der Waals surface area contributed by atoms with Crippen molar-refractivity contribution in [2.75, 3.05) is 0 Å². The van der Waals surface area contributed by atoms with Gasteiger partial charge in [0, 0.05) is 17.1 Å². The first kappa shape index (κ1) is 20.5. The summed E-state index contributed by atoms with van der Waals surface area (Å²) in [5.41, 5.74) is 0.903. The second kappa shape index (κ2) is 7.65. The van der Waals surface area contributed by atoms with E-state index in [1.54, 1.807) is 18.2 Å². The predicted octanol–water partition coefficient (Wildman–Crippen LogP) is 4.63. The largest absolute Gasteiger partial charge is 0.453 e. The summed E-state index contributed by atoms with van der Waals surface area (Å²) in [6.45, 7) is 0. The fraction of sp³-hybridized carbons (Fsp3) is 0.0476. The third kappa shape index (κ3) is 3.75. The van der Waals surface area contributed by atoms with Gasteiger partial charge in [-0.1, -0.05) is 24.3 Å². The molecule has 12 heteroatoms. The molecular weight excluding hydrogens is 445 g/mol. The molecule has 0 atom stereocenters. The number of aromatic nitrogens is 7. The Kier molecular flexibility index (Phi) is 4.77. The number of alkyl halides is 3. The molecule has 0 aliphatic heterocycles. The Morgan fingerprint density at radius 3 is 2.30 bits per heavy atom. The SMILES string of the molecule is Fc1cccc(F)c1-c1cc2cccc(-c3ccnc(-n4cnc(C(F)(F)F)n4)n3)c2nn1. The molecular formula is C21H10F5N7. The molecule has 5 aromatic rings. The van der Waals surface area contributed by atoms with Crippen LogP contribution in [0, 0.1) is 11.6 Å². The zero-order valence-corrected chi connectivity index (χ0v) is 16.3. The van der Waals surface area contributed by atoms with Gasteiger partial charge in [-0.2, -0.15) is 17.9 Å². The van der Waals surface area contributed by atoms with Crippen molar-refractivity contribution in [3.8, 4) is 28.5 Å². The van der Waals surface area contributed by atoms with Gasteiger partial charge in [-0.3, -0.25) is 0 Å². The molecule has 0 saturated carbocycles. The van der Waals surface area contributed by atoms with Crippen molar-refractivity contribution in [2.24, 2.45) is 0 Å². The fourth-order valence-corrected chi connectivity index (χ4v) is 3.24. The number of hydrogen-bond donors (Lipinski definition) is 0. The van der Waals surface area contributed by atoms with Gasteiger partial charge in [0.05, 0.1) is 17.0 Å². The van der Waals surface area contributed by atoms with E-state index in [4.69, 9.17) is 0 Å². The summed E-state index contributed by atoms with van der Waals surface area (Å²) in [6.07, 6.45) is -2.49. The van der Waals surface area contributed by atoms with Crippen molar-refractivity contribution < 1.29 is 22.0 Å². The summed E-state index contributed by atoms with van der Waals surface area (Å²) in [7, 11) is 0. The molecule has 0 radical (unpaired) electrons. The van der Waals surface area contributed by atoms with E-state index in [-0.39, 0.29) is 17.2 Å². The van der Waals surface area contributed by atoms with E-state index >= 15 is 0 Å². The summed E-state index contributed by atoms with van der Waals surface area (Å²) in [5, 5.41) is 12.0. The van der Waals surface area contributed by atoms with Gasteiger partial charge in [0.1, 0.15) is 23.5 Å². The molecule has 3 heterocycles. The minimum atomic E-state index is -4.70. The molecule has 0 saturated heterocycles. The lowest BCUT2D eigenvalue weighted by atomic mass is 10.0. The standard InChI is InChI=1S/C21H10F5N7/c22-13-5-2-6-14(23)17(13)16-9-11-3-1-4-12(18(11)31-30-16)15-7-8-27-20(29-15)33-10-28-19(32-33)21(24,25)26/h1-10H. The molecule has 2 aromatic carbocycles. The molecule has 0 N–H and O–H groups in total. The predicted molar refractivity (Wildman–Crippen MR) is 106 cm³/mol. The van der Waals surface area contributed by atoms with Crippen LogP contribution in [0.4, 0.5) is 22.0 Å². The van der Waals surface area contributed by atoms with Gasteiger partial charge in [0.15, 0.2) is 0 Å². The zero-order valence-electron chi connectivity index (χ0n) is 16.3. The van der Waals surface area contributed by atoms with Crippen LogP contribution in [0.1, 0.15) is 5.82 Å². The molecule has 0 aliphatic carbocycles. The lowest BCUT2D eigenvalue weighted by Crippen LogP contribution is -2.09. The monoisotopic (exact) mass is 455 g/mol. The molecule has 0 spiro atoms. The Hall–Kier alpha value is -4.35. The number of benzene rings is 2. The van der Waals surface area contributed by atoms with Crippen LogP contribution in [-0.2, 0) is 6.18 Å². The fourth-order valence-electron chi connectivity index (χ4n) is 3.24. The molecule has 5 rings (SSSR count). The first-order chi connectivity index (χ1) is 15.8. The van der Waals surface area contributed by atoms with E-state index in [1.165, 1.54) is 24.4 Å². The van der Waals surface area contributed by atoms with Gasteiger partial charge >= 0.3 is 6.18 Å². The smallest absolute Gasteiger partial charge is 0.220 e. The van der Waals surface area contributed by atoms with E-state index in [0.717, 1.165) is 23.1 Å². The minimum Gasteiger partial charge on any atom is -0.220 e. The topological polar surface area (TPSA) is 82.3 Å². The molecule has 7 nitrogen and oxygen atoms in total. The third-order valence-electron chi connectivity index (χ3n) is 4.71. The van der Waals surface area contributed by atoms with Crippen LogP contribution in [0.3, 0.4) is 0 Å². The molecule has 164 valence electrons. The van der Waals surface area contributed by atoms with Gasteiger partial charge in [0.25, 0.3) is 11.8 Å². The van der Waals surface area contributed by atoms with E-state index in [9.17, 15) is 22.0 Å². The number of nitrogens with zero attached hydrogens (tertiary/aromatic N) is 7. The third-order valence-corrected chi connectivity index (χ3v) is 4.71. The minimum absolute atomic E-state index is 0.0147. The Morgan fingerprint density at radius 1 is 0.818 bits per heavy atom. The summed E-state index contributed by atoms with van der Waals surface area (Å²) < 4.78 is 67.5. The van der Waals surface area contributed by atoms with Crippen molar-refractivity contribution in [3.05, 3.63) is 78.5 Å². The first-order valence-corrected chi connectivity index (χ1v) is 9.35. The van der Waals surface area contributed by atoms with E-state index in [1.807, 2.05) is 0 Å². The molecule has 3 aromatic heterocycles. The Morgan fingerprint density at radius 2 is 1.58 bits per heavy atom. The number of fused-ring (bicyclic) bond motifs is 1. The van der Waals surface area contributed by atoms with Crippen LogP contribution in [-0.4, -0.2) is 34.9 Å². The van der Waals surface area contributed by atoms with Crippen LogP contribution in [0.5, 0.6) is 0 Å². The van der Waals surface area contributed by atoms with Crippen LogP contribution < -0.4 is 0 Å². The van der Waals surface area contributed by atoms with Crippen molar-refractivity contribution in [1.29, 1.82) is 0 Å². The number of hydrogen-bond acceptors (Lipinski definition) is 6. The number of rotatable bonds is 3. The highest BCUT2D eigenvalue weighted by Crippen LogP contribution is 2.30. The quantitative estimate of drug-likeness (QED) is 0.369. The Labute approximate surface area is 181 Å². The Balaban J connectivity index is 1.58. The summed E-state index contributed by atoms with van der Waals surface area (Å²) >= 11 is 0. The van der Waals surface area contributed by atoms with Gasteiger partial charge in [-0.15, -0.1) is 15.3 Å². The average molecular weight is 455 g/mol. The van der Waals surface area contributed by atoms with Gasteiger partial charge in [-0.05, 0) is 24.3 Å². The van der Waals surface area contributed by atoms with Crippen LogP contribution >= 0.6 is 0 Å². The average Bonchev–Trinajstić information content (AvgIpc) is 3.30. The maximum absolute atomic E-state index is 14.2. The lowest BCUT2D eigenvalue weighted by Gasteiger charge is -2.08. The van der Waals surface area contributed by atoms with E-state index in [0.29, 0.717) is 22.2 Å². The highest BCUT2D eigenvalue weighted by molar-refractivity contribution is 5.93. The second-order valence-electron chi connectivity index (χ2n) is 6.82. The van der Waals surface area contributed by atoms with Crippen molar-refractivity contribution in [3.63, 3.8) is 0 Å². The van der Waals surface area contributed by atoms with Gasteiger partial charge in [0.2, 0.25) is 0 Å². The lowest BCUT2D eigenvalue weighted by molar-refractivity contribution is -0.144. The Bertz CT molecular complexity index is 1480. The maximum Gasteiger partial charge on any atom is 0.453 e.